The van der Waals surface area contributed by atoms with E-state index >= 15 is 0 Å². The molecule has 7 heterocycles. The number of hydrogen-bond donors (Lipinski definition) is 0. The van der Waals surface area contributed by atoms with E-state index in [2.05, 4.69) is 267 Å². The fourth-order valence-corrected chi connectivity index (χ4v) is 14.4. The molecule has 0 saturated heterocycles. The van der Waals surface area contributed by atoms with Gasteiger partial charge in [0.15, 0.2) is 0 Å². The summed E-state index contributed by atoms with van der Waals surface area (Å²) in [5, 5.41) is 18.4. The third kappa shape index (κ3) is 5.09. The maximum absolute atomic E-state index is 5.99. The third-order valence-electron chi connectivity index (χ3n) is 17.5. The molecule has 19 aromatic rings. The van der Waals surface area contributed by atoms with Crippen LogP contribution in [0.5, 0.6) is 0 Å². The van der Waals surface area contributed by atoms with Crippen molar-refractivity contribution in [2.75, 3.05) is 0 Å². The molecule has 0 bridgehead atoms. The van der Waals surface area contributed by atoms with Gasteiger partial charge in [-0.05, 0) is 112 Å². The molecule has 0 atom stereocenters. The quantitative estimate of drug-likeness (QED) is 0.173. The predicted octanol–water partition coefficient (Wildman–Crippen LogP) is 19.2. The number of fused-ring (bicyclic) bond motifs is 22. The molecule has 5 heteroatoms. The van der Waals surface area contributed by atoms with Crippen LogP contribution in [0.3, 0.4) is 0 Å². The highest BCUT2D eigenvalue weighted by Gasteiger charge is 2.28. The number of pyridine rings is 1. The first-order chi connectivity index (χ1) is 38.7. The fourth-order valence-electron chi connectivity index (χ4n) is 14.4. The van der Waals surface area contributed by atoms with Gasteiger partial charge < -0.3 is 13.5 Å². The van der Waals surface area contributed by atoms with Gasteiger partial charge in [-0.25, -0.2) is 4.98 Å². The molecule has 0 aliphatic carbocycles. The molecule has 0 saturated carbocycles. The molecule has 7 aromatic heterocycles. The van der Waals surface area contributed by atoms with Crippen LogP contribution in [0.4, 0.5) is 0 Å². The second kappa shape index (κ2) is 14.7. The van der Waals surface area contributed by atoms with Crippen LogP contribution in [-0.4, -0.2) is 22.9 Å². The average Bonchev–Trinajstić information content (AvgIpc) is 4.53. The van der Waals surface area contributed by atoms with Gasteiger partial charge in [-0.15, -0.1) is 0 Å². The van der Waals surface area contributed by atoms with Crippen molar-refractivity contribution in [2.45, 2.75) is 0 Å². The summed E-state index contributed by atoms with van der Waals surface area (Å²) in [6.07, 6.45) is 0. The Hall–Kier alpha value is -10.5. The predicted molar refractivity (Wildman–Crippen MR) is 328 cm³/mol. The maximum atomic E-state index is 5.99. The molecule has 0 spiro atoms. The van der Waals surface area contributed by atoms with Crippen molar-refractivity contribution in [1.82, 2.24) is 22.9 Å². The molecule has 78 heavy (non-hydrogen) atoms. The van der Waals surface area contributed by atoms with Crippen molar-refractivity contribution in [1.29, 1.82) is 0 Å². The molecule has 12 aromatic carbocycles. The molecule has 0 N–H and O–H groups in total. The van der Waals surface area contributed by atoms with Crippen LogP contribution in [-0.2, 0) is 0 Å². The van der Waals surface area contributed by atoms with E-state index in [1.165, 1.54) is 136 Å². The lowest BCUT2D eigenvalue weighted by atomic mass is 9.95. The Kier molecular flexibility index (Phi) is 7.68. The summed E-state index contributed by atoms with van der Waals surface area (Å²) >= 11 is 0. The highest BCUT2D eigenvalue weighted by Crippen LogP contribution is 2.50. The van der Waals surface area contributed by atoms with Crippen molar-refractivity contribution in [3.05, 3.63) is 249 Å². The SMILES string of the molecule is c1ccc(-n2c3ccccc3c3cc(-c4cc5ccccc5c5c6cccc7c8nc9c(cc8n(c45)c76)c4c5ccccc5cc5c6cccc(-c7ccc8c(c7)c7ccccc7n8-c7ccccc7)c6n9c54)ccc32)cc1. The molecule has 0 unspecified atom stereocenters. The zero-order valence-electron chi connectivity index (χ0n) is 41.9. The van der Waals surface area contributed by atoms with Crippen molar-refractivity contribution in [2.24, 2.45) is 0 Å². The Morgan fingerprint density at radius 3 is 1.44 bits per heavy atom. The van der Waals surface area contributed by atoms with Gasteiger partial charge in [0.05, 0.1) is 55.2 Å². The summed E-state index contributed by atoms with van der Waals surface area (Å²) < 4.78 is 9.89. The molecule has 358 valence electrons. The highest BCUT2D eigenvalue weighted by molar-refractivity contribution is 6.35. The lowest BCUT2D eigenvalue weighted by Crippen LogP contribution is -1.93. The number of rotatable bonds is 4. The van der Waals surface area contributed by atoms with E-state index in [1.54, 1.807) is 0 Å². The van der Waals surface area contributed by atoms with Crippen molar-refractivity contribution in [3.8, 4) is 33.6 Å². The van der Waals surface area contributed by atoms with Crippen LogP contribution >= 0.6 is 0 Å². The van der Waals surface area contributed by atoms with E-state index in [0.29, 0.717) is 0 Å². The molecule has 0 aliphatic heterocycles. The Bertz CT molecular complexity index is 5790. The van der Waals surface area contributed by atoms with Gasteiger partial charge in [0.1, 0.15) is 5.65 Å². The molecule has 19 rings (SSSR count). The minimum Gasteiger partial charge on any atom is -0.309 e. The van der Waals surface area contributed by atoms with Gasteiger partial charge in [-0.1, -0.05) is 170 Å². The first-order valence-electron chi connectivity index (χ1n) is 27.0. The average molecular weight is 988 g/mol. The van der Waals surface area contributed by atoms with Crippen LogP contribution in [0, 0.1) is 0 Å². The van der Waals surface area contributed by atoms with Gasteiger partial charge in [-0.2, -0.15) is 0 Å². The maximum Gasteiger partial charge on any atom is 0.146 e. The van der Waals surface area contributed by atoms with Gasteiger partial charge >= 0.3 is 0 Å². The number of aromatic nitrogens is 5. The van der Waals surface area contributed by atoms with Crippen LogP contribution in [0.2, 0.25) is 0 Å². The van der Waals surface area contributed by atoms with Crippen LogP contribution in [0.25, 0.3) is 175 Å². The van der Waals surface area contributed by atoms with E-state index in [9.17, 15) is 0 Å². The summed E-state index contributed by atoms with van der Waals surface area (Å²) in [5.41, 5.74) is 19.8. The first kappa shape index (κ1) is 40.8. The van der Waals surface area contributed by atoms with Gasteiger partial charge in [0, 0.05) is 81.8 Å². The first-order valence-corrected chi connectivity index (χ1v) is 27.0. The summed E-state index contributed by atoms with van der Waals surface area (Å²) in [5.74, 6) is 0. The third-order valence-corrected chi connectivity index (χ3v) is 17.5. The topological polar surface area (TPSA) is 31.6 Å². The van der Waals surface area contributed by atoms with Gasteiger partial charge in [0.2, 0.25) is 0 Å². The van der Waals surface area contributed by atoms with Crippen molar-refractivity contribution in [3.63, 3.8) is 0 Å². The second-order valence-electron chi connectivity index (χ2n) is 21.4. The van der Waals surface area contributed by atoms with Gasteiger partial charge in [0.25, 0.3) is 0 Å². The molecule has 0 amide bonds. The normalized spacial score (nSPS) is 12.6. The minimum absolute atomic E-state index is 0.979. The van der Waals surface area contributed by atoms with Gasteiger partial charge in [-0.3, -0.25) is 4.40 Å². The van der Waals surface area contributed by atoms with E-state index < -0.39 is 0 Å². The molecule has 0 aliphatic rings. The fraction of sp³-hybridized carbons (Fsp3) is 0. The smallest absolute Gasteiger partial charge is 0.146 e. The Morgan fingerprint density at radius 1 is 0.256 bits per heavy atom. The summed E-state index contributed by atoms with van der Waals surface area (Å²) in [7, 11) is 0. The van der Waals surface area contributed by atoms with Crippen molar-refractivity contribution >= 4 is 142 Å². The number of hydrogen-bond acceptors (Lipinski definition) is 1. The monoisotopic (exact) mass is 987 g/mol. The lowest BCUT2D eigenvalue weighted by Gasteiger charge is -2.11. The summed E-state index contributed by atoms with van der Waals surface area (Å²) in [6.45, 7) is 0. The Morgan fingerprint density at radius 2 is 0.769 bits per heavy atom. The van der Waals surface area contributed by atoms with E-state index in [0.717, 1.165) is 38.8 Å². The Balaban J connectivity index is 0.928. The zero-order chi connectivity index (χ0) is 50.5. The number of para-hydroxylation sites is 6. The number of nitrogens with zero attached hydrogens (tertiary/aromatic N) is 5. The molecule has 0 radical (unpaired) electrons. The zero-order valence-corrected chi connectivity index (χ0v) is 41.9. The lowest BCUT2D eigenvalue weighted by molar-refractivity contribution is 1.18. The molecular formula is C73H41N5. The van der Waals surface area contributed by atoms with Crippen LogP contribution in [0.15, 0.2) is 249 Å². The second-order valence-corrected chi connectivity index (χ2v) is 21.4. The molecule has 0 fully saturated rings. The van der Waals surface area contributed by atoms with E-state index in [-0.39, 0.29) is 0 Å². The minimum atomic E-state index is 0.979. The van der Waals surface area contributed by atoms with Crippen molar-refractivity contribution < 1.29 is 0 Å². The van der Waals surface area contributed by atoms with E-state index in [1.807, 2.05) is 0 Å². The van der Waals surface area contributed by atoms with Crippen LogP contribution < -0.4 is 0 Å². The largest absolute Gasteiger partial charge is 0.309 e. The standard InChI is InChI=1S/C73H41N5/c1-3-19-46(20-4-1)75-61-31-13-11-25-51(61)57-38-44(33-35-63(57)75)50-27-15-28-53-59-40-43-18-8-10-24-49(43)67-60-41-65-68(74-73(60)78(69(50)53)72(59)67)55-30-16-29-54-66-48-23-9-7-17-42(48)37-56(71(66)77(65)70(54)55)45-34-36-64-58(39-45)52-26-12-14-32-62(52)76(64)47-21-5-2-6-22-47/h1-41H. The molecule has 5 nitrogen and oxygen atoms in total. The summed E-state index contributed by atoms with van der Waals surface area (Å²) in [6, 6.07) is 92.2. The molecular weight excluding hydrogens is 947 g/mol. The number of benzene rings is 12. The van der Waals surface area contributed by atoms with E-state index in [4.69, 9.17) is 4.98 Å². The highest BCUT2D eigenvalue weighted by atomic mass is 15.0. The summed E-state index contributed by atoms with van der Waals surface area (Å²) in [4.78, 5) is 5.99. The van der Waals surface area contributed by atoms with Crippen LogP contribution in [0.1, 0.15) is 0 Å². The Labute approximate surface area is 444 Å².